The Labute approximate surface area is 182 Å². The van der Waals surface area contributed by atoms with E-state index in [1.54, 1.807) is 6.20 Å². The third-order valence-electron chi connectivity index (χ3n) is 6.84. The third kappa shape index (κ3) is 3.55. The summed E-state index contributed by atoms with van der Waals surface area (Å²) in [6, 6.07) is 7.54. The minimum absolute atomic E-state index is 0.156. The number of carbonyl (C=O) groups is 1. The van der Waals surface area contributed by atoms with Crippen molar-refractivity contribution in [2.24, 2.45) is 0 Å². The number of hydrogen-bond donors (Lipinski definition) is 0. The number of rotatable bonds is 3. The Bertz CT molecular complexity index is 1200. The van der Waals surface area contributed by atoms with Crippen molar-refractivity contribution in [2.75, 3.05) is 31.1 Å². The van der Waals surface area contributed by atoms with Gasteiger partial charge in [0.25, 0.3) is 0 Å². The summed E-state index contributed by atoms with van der Waals surface area (Å²) in [6.45, 7) is 6.45. The molecule has 0 spiro atoms. The maximum Gasteiger partial charge on any atom is 0.165 e. The molecule has 1 aliphatic heterocycles. The van der Waals surface area contributed by atoms with Gasteiger partial charge in [-0.2, -0.15) is 0 Å². The molecule has 6 heteroatoms. The van der Waals surface area contributed by atoms with Gasteiger partial charge in [0.05, 0.1) is 17.6 Å². The lowest BCUT2D eigenvalue weighted by Crippen LogP contribution is -2.47. The number of nitrogens with zero attached hydrogens (tertiary/aromatic N) is 5. The molecule has 3 heterocycles. The number of ketones is 1. The second-order valence-electron chi connectivity index (χ2n) is 9.04. The first kappa shape index (κ1) is 18.8. The molecule has 2 aliphatic carbocycles. The number of aromatic nitrogens is 3. The molecule has 0 radical (unpaired) electrons. The van der Waals surface area contributed by atoms with Crippen LogP contribution in [-0.4, -0.2) is 57.3 Å². The fourth-order valence-electron chi connectivity index (χ4n) is 4.90. The third-order valence-corrected chi connectivity index (χ3v) is 6.84. The Morgan fingerprint density at radius 2 is 1.87 bits per heavy atom. The van der Waals surface area contributed by atoms with Crippen molar-refractivity contribution in [3.05, 3.63) is 59.3 Å². The average Bonchev–Trinajstić information content (AvgIpc) is 3.57. The number of imidazole rings is 1. The normalized spacial score (nSPS) is 20.0. The van der Waals surface area contributed by atoms with Crippen LogP contribution in [-0.2, 0) is 11.2 Å². The largest absolute Gasteiger partial charge is 0.369 e. The topological polar surface area (TPSA) is 53.7 Å². The van der Waals surface area contributed by atoms with Crippen LogP contribution in [0.1, 0.15) is 41.8 Å². The summed E-state index contributed by atoms with van der Waals surface area (Å²) in [5, 5.41) is 0. The van der Waals surface area contributed by atoms with Gasteiger partial charge in [0.15, 0.2) is 11.4 Å². The maximum atomic E-state index is 13.0. The molecule has 2 aromatic heterocycles. The lowest BCUT2D eigenvalue weighted by molar-refractivity contribution is -0.113. The van der Waals surface area contributed by atoms with E-state index in [1.165, 1.54) is 24.1 Å². The van der Waals surface area contributed by atoms with Gasteiger partial charge in [-0.15, -0.1) is 0 Å². The van der Waals surface area contributed by atoms with E-state index in [9.17, 15) is 4.79 Å². The van der Waals surface area contributed by atoms with Crippen LogP contribution in [0.4, 0.5) is 5.69 Å². The average molecular weight is 414 g/mol. The van der Waals surface area contributed by atoms with Crippen molar-refractivity contribution in [1.82, 2.24) is 19.3 Å². The van der Waals surface area contributed by atoms with Gasteiger partial charge in [-0.05, 0) is 55.5 Å². The van der Waals surface area contributed by atoms with Gasteiger partial charge in [-0.25, -0.2) is 4.98 Å². The number of carbonyl (C=O) groups excluding carboxylic acids is 1. The van der Waals surface area contributed by atoms with E-state index in [4.69, 9.17) is 0 Å². The summed E-state index contributed by atoms with van der Waals surface area (Å²) >= 11 is 0. The van der Waals surface area contributed by atoms with Gasteiger partial charge in [-0.1, -0.05) is 6.07 Å². The molecular weight excluding hydrogens is 386 g/mol. The molecule has 0 bridgehead atoms. The fourth-order valence-corrected chi connectivity index (χ4v) is 4.90. The summed E-state index contributed by atoms with van der Waals surface area (Å²) in [7, 11) is 0. The molecule has 3 aromatic rings. The van der Waals surface area contributed by atoms with E-state index < -0.39 is 0 Å². The SMILES string of the molecule is Cc1cn2cc(C3=Cc4ccc(N5CCN(C6CC6)CC5)cc4CCC3=O)nc2cn1. The number of allylic oxidation sites excluding steroid dienone is 1. The zero-order valence-corrected chi connectivity index (χ0v) is 17.9. The highest BCUT2D eigenvalue weighted by Gasteiger charge is 2.31. The first-order chi connectivity index (χ1) is 15.1. The van der Waals surface area contributed by atoms with Crippen LogP contribution in [0.5, 0.6) is 0 Å². The molecule has 0 amide bonds. The number of benzene rings is 1. The maximum absolute atomic E-state index is 13.0. The number of piperazine rings is 1. The predicted octanol–water partition coefficient (Wildman–Crippen LogP) is 3.38. The lowest BCUT2D eigenvalue weighted by atomic mass is 10.0. The molecule has 3 aliphatic rings. The van der Waals surface area contributed by atoms with E-state index in [-0.39, 0.29) is 5.78 Å². The highest BCUT2D eigenvalue weighted by atomic mass is 16.1. The second kappa shape index (κ2) is 7.31. The molecule has 1 aromatic carbocycles. The molecule has 1 saturated heterocycles. The summed E-state index contributed by atoms with van der Waals surface area (Å²) < 4.78 is 1.95. The van der Waals surface area contributed by atoms with Crippen LogP contribution >= 0.6 is 0 Å². The first-order valence-electron chi connectivity index (χ1n) is 11.3. The molecule has 6 nitrogen and oxygen atoms in total. The van der Waals surface area contributed by atoms with Gasteiger partial charge < -0.3 is 9.30 Å². The number of hydrogen-bond acceptors (Lipinski definition) is 5. The van der Waals surface area contributed by atoms with Crippen molar-refractivity contribution in [3.63, 3.8) is 0 Å². The monoisotopic (exact) mass is 413 g/mol. The number of fused-ring (bicyclic) bond motifs is 2. The summed E-state index contributed by atoms with van der Waals surface area (Å²) in [4.78, 5) is 27.1. The molecule has 2 fully saturated rings. The molecule has 0 unspecified atom stereocenters. The predicted molar refractivity (Wildman–Crippen MR) is 122 cm³/mol. The molecule has 0 N–H and O–H groups in total. The Morgan fingerprint density at radius 3 is 2.68 bits per heavy atom. The Hall–Kier alpha value is -2.99. The van der Waals surface area contributed by atoms with Crippen molar-refractivity contribution >= 4 is 28.8 Å². The van der Waals surface area contributed by atoms with Crippen LogP contribution in [0.25, 0.3) is 17.3 Å². The van der Waals surface area contributed by atoms with Gasteiger partial charge in [-0.3, -0.25) is 14.7 Å². The van der Waals surface area contributed by atoms with Crippen LogP contribution in [0.15, 0.2) is 36.8 Å². The fraction of sp³-hybridized carbons (Fsp3) is 0.400. The van der Waals surface area contributed by atoms with Crippen LogP contribution in [0, 0.1) is 6.92 Å². The minimum Gasteiger partial charge on any atom is -0.369 e. The second-order valence-corrected chi connectivity index (χ2v) is 9.04. The molecule has 31 heavy (non-hydrogen) atoms. The van der Waals surface area contributed by atoms with Gasteiger partial charge in [0.1, 0.15) is 0 Å². The smallest absolute Gasteiger partial charge is 0.165 e. The van der Waals surface area contributed by atoms with Gasteiger partial charge >= 0.3 is 0 Å². The summed E-state index contributed by atoms with van der Waals surface area (Å²) in [6.07, 6.45) is 11.7. The van der Waals surface area contributed by atoms with Crippen molar-refractivity contribution in [3.8, 4) is 0 Å². The number of aryl methyl sites for hydroxylation is 2. The lowest BCUT2D eigenvalue weighted by Gasteiger charge is -2.36. The van der Waals surface area contributed by atoms with Crippen molar-refractivity contribution < 1.29 is 4.79 Å². The summed E-state index contributed by atoms with van der Waals surface area (Å²) in [5.41, 5.74) is 6.79. The zero-order chi connectivity index (χ0) is 20.9. The molecular formula is C25H27N5O. The Morgan fingerprint density at radius 1 is 1.03 bits per heavy atom. The zero-order valence-electron chi connectivity index (χ0n) is 17.9. The van der Waals surface area contributed by atoms with Gasteiger partial charge in [0, 0.05) is 62.3 Å². The van der Waals surface area contributed by atoms with Crippen molar-refractivity contribution in [2.45, 2.75) is 38.6 Å². The minimum atomic E-state index is 0.156. The number of anilines is 1. The summed E-state index contributed by atoms with van der Waals surface area (Å²) in [5.74, 6) is 0.156. The van der Waals surface area contributed by atoms with Crippen LogP contribution in [0.3, 0.4) is 0 Å². The van der Waals surface area contributed by atoms with E-state index in [0.717, 1.165) is 61.2 Å². The molecule has 6 rings (SSSR count). The van der Waals surface area contributed by atoms with Crippen LogP contribution in [0.2, 0.25) is 0 Å². The van der Waals surface area contributed by atoms with E-state index in [2.05, 4.69) is 38.0 Å². The van der Waals surface area contributed by atoms with Crippen molar-refractivity contribution in [1.29, 1.82) is 0 Å². The Kier molecular flexibility index (Phi) is 4.42. The standard InChI is InChI=1S/C25H27N5O/c1-17-15-30-16-23(27-25(30)14-26-17)22-13-19-2-4-21(12-18(19)3-7-24(22)31)29-10-8-28(9-11-29)20-5-6-20/h2,4,12-16,20H,3,5-11H2,1H3. The van der Waals surface area contributed by atoms with E-state index in [1.807, 2.05) is 29.8 Å². The van der Waals surface area contributed by atoms with E-state index >= 15 is 0 Å². The molecule has 0 atom stereocenters. The highest BCUT2D eigenvalue weighted by molar-refractivity contribution is 6.25. The first-order valence-corrected chi connectivity index (χ1v) is 11.3. The van der Waals surface area contributed by atoms with E-state index in [0.29, 0.717) is 12.0 Å². The molecule has 1 saturated carbocycles. The van der Waals surface area contributed by atoms with Gasteiger partial charge in [0.2, 0.25) is 0 Å². The van der Waals surface area contributed by atoms with Crippen LogP contribution < -0.4 is 4.90 Å². The number of Topliss-reactive ketones (excluding diaryl/α,β-unsaturated/α-hetero) is 1. The molecule has 158 valence electrons. The highest BCUT2D eigenvalue weighted by Crippen LogP contribution is 2.32. The quantitative estimate of drug-likeness (QED) is 0.659. The Balaban J connectivity index is 1.29.